The molecule has 19 heteroatoms. The van der Waals surface area contributed by atoms with Crippen molar-refractivity contribution in [3.63, 3.8) is 0 Å². The van der Waals surface area contributed by atoms with Gasteiger partial charge in [0.1, 0.15) is 31.0 Å². The number of methoxy groups -OCH3 is 2. The third-order valence-electron chi connectivity index (χ3n) is 9.61. The highest BCUT2D eigenvalue weighted by Crippen LogP contribution is 2.50. The van der Waals surface area contributed by atoms with E-state index in [1.165, 1.54) is 28.1 Å². The third-order valence-corrected chi connectivity index (χ3v) is 9.61. The fourth-order valence-corrected chi connectivity index (χ4v) is 7.53. The predicted molar refractivity (Wildman–Crippen MR) is 187 cm³/mol. The molecule has 2 aliphatic heterocycles. The number of hydrogen-bond acceptors (Lipinski definition) is 19. The summed E-state index contributed by atoms with van der Waals surface area (Å²) in [5.41, 5.74) is -1.18. The van der Waals surface area contributed by atoms with E-state index >= 15 is 0 Å². The summed E-state index contributed by atoms with van der Waals surface area (Å²) < 4.78 is 62.4. The van der Waals surface area contributed by atoms with Crippen LogP contribution in [0.3, 0.4) is 0 Å². The molecule has 0 spiro atoms. The summed E-state index contributed by atoms with van der Waals surface area (Å²) in [6.07, 6.45) is -9.32. The fourth-order valence-electron chi connectivity index (χ4n) is 7.53. The van der Waals surface area contributed by atoms with Crippen LogP contribution in [-0.2, 0) is 77.8 Å². The molecule has 312 valence electrons. The van der Waals surface area contributed by atoms with Crippen LogP contribution in [0.4, 0.5) is 0 Å². The van der Waals surface area contributed by atoms with Crippen LogP contribution in [0.2, 0.25) is 0 Å². The zero-order chi connectivity index (χ0) is 41.3. The zero-order valence-electron chi connectivity index (χ0n) is 32.6. The lowest BCUT2D eigenvalue weighted by molar-refractivity contribution is -0.360. The molecule has 1 aromatic rings. The summed E-state index contributed by atoms with van der Waals surface area (Å²) >= 11 is 0. The molecule has 3 aliphatic rings. The van der Waals surface area contributed by atoms with Crippen molar-refractivity contribution in [2.24, 2.45) is 11.8 Å². The molecule has 1 saturated carbocycles. The Bertz CT molecular complexity index is 1590. The molecular formula is C37H51NO18. The molecule has 0 bridgehead atoms. The van der Waals surface area contributed by atoms with E-state index in [-0.39, 0.29) is 19.6 Å². The van der Waals surface area contributed by atoms with Crippen molar-refractivity contribution < 1.29 is 86.0 Å². The van der Waals surface area contributed by atoms with E-state index in [9.17, 15) is 33.9 Å². The highest BCUT2D eigenvalue weighted by atomic mass is 16.8. The summed E-state index contributed by atoms with van der Waals surface area (Å²) in [6.45, 7) is 5.96. The van der Waals surface area contributed by atoms with Crippen molar-refractivity contribution in [1.29, 1.82) is 0 Å². The van der Waals surface area contributed by atoms with Gasteiger partial charge in [-0.25, -0.2) is 0 Å². The second-order valence-corrected chi connectivity index (χ2v) is 13.6. The lowest BCUT2D eigenvalue weighted by Crippen LogP contribution is -2.65. The Morgan fingerprint density at radius 2 is 1.34 bits per heavy atom. The molecule has 0 aromatic heterocycles. The number of carbonyl (C=O) groups excluding carboxylic acids is 6. The number of ether oxygens (including phenoxy) is 11. The molecule has 56 heavy (non-hydrogen) atoms. The van der Waals surface area contributed by atoms with E-state index < -0.39 is 116 Å². The molecule has 4 rings (SSSR count). The zero-order valence-corrected chi connectivity index (χ0v) is 32.6. The SMILES string of the molecule is COc1ccc(CCN[C@@H]2[C@@H](OC(C)=O)[C@@H]3CCO[C@H](O[C@@H]4O[C@H](COC(C)=O)[C@@H](OC(C)=O)[C@H](OC(C)=O)[C@H]4OC(C)=O)[C@@H]3[C@@]2(O)COC(C)=O)cc1OC. The molecule has 0 radical (unpaired) electrons. The van der Waals surface area contributed by atoms with E-state index in [0.29, 0.717) is 17.9 Å². The average molecular weight is 798 g/mol. The number of nitrogens with one attached hydrogen (secondary N) is 1. The van der Waals surface area contributed by atoms with Crippen molar-refractivity contribution in [3.05, 3.63) is 23.8 Å². The van der Waals surface area contributed by atoms with Crippen molar-refractivity contribution in [1.82, 2.24) is 5.32 Å². The lowest BCUT2D eigenvalue weighted by atomic mass is 9.81. The summed E-state index contributed by atoms with van der Waals surface area (Å²) in [6, 6.07) is 4.35. The molecule has 0 unspecified atom stereocenters. The number of benzene rings is 1. The monoisotopic (exact) mass is 797 g/mol. The molecule has 11 atom stereocenters. The first-order chi connectivity index (χ1) is 26.5. The molecule has 2 heterocycles. The van der Waals surface area contributed by atoms with Crippen molar-refractivity contribution in [3.8, 4) is 11.5 Å². The Morgan fingerprint density at radius 3 is 1.93 bits per heavy atom. The maximum atomic E-state index is 12.7. The fraction of sp³-hybridized carbons (Fsp3) is 0.676. The minimum atomic E-state index is -2.03. The molecule has 3 fully saturated rings. The lowest BCUT2D eigenvalue weighted by Gasteiger charge is -2.47. The second-order valence-electron chi connectivity index (χ2n) is 13.6. The highest BCUT2D eigenvalue weighted by molar-refractivity contribution is 5.69. The number of fused-ring (bicyclic) bond motifs is 1. The van der Waals surface area contributed by atoms with Gasteiger partial charge < -0.3 is 62.5 Å². The largest absolute Gasteiger partial charge is 0.493 e. The second kappa shape index (κ2) is 19.5. The van der Waals surface area contributed by atoms with Gasteiger partial charge in [0.15, 0.2) is 36.1 Å². The smallest absolute Gasteiger partial charge is 0.303 e. The first kappa shape index (κ1) is 44.2. The summed E-state index contributed by atoms with van der Waals surface area (Å²) in [4.78, 5) is 73.6. The van der Waals surface area contributed by atoms with Crippen LogP contribution in [0, 0.1) is 11.8 Å². The Morgan fingerprint density at radius 1 is 0.750 bits per heavy atom. The van der Waals surface area contributed by atoms with Gasteiger partial charge in [0.2, 0.25) is 6.29 Å². The van der Waals surface area contributed by atoms with E-state index in [1.807, 2.05) is 6.07 Å². The molecule has 0 amide bonds. The number of carbonyl (C=O) groups is 6. The van der Waals surface area contributed by atoms with Gasteiger partial charge in [-0.3, -0.25) is 28.8 Å². The van der Waals surface area contributed by atoms with Crippen LogP contribution in [0.15, 0.2) is 18.2 Å². The first-order valence-corrected chi connectivity index (χ1v) is 18.0. The van der Waals surface area contributed by atoms with Crippen LogP contribution in [0.5, 0.6) is 11.5 Å². The number of hydrogen-bond donors (Lipinski definition) is 2. The normalized spacial score (nSPS) is 30.9. The quantitative estimate of drug-likeness (QED) is 0.171. The van der Waals surface area contributed by atoms with E-state index in [0.717, 1.165) is 33.3 Å². The minimum absolute atomic E-state index is 0.0247. The Balaban J connectivity index is 1.73. The molecule has 2 saturated heterocycles. The van der Waals surface area contributed by atoms with Gasteiger partial charge >= 0.3 is 35.8 Å². The predicted octanol–water partition coefficient (Wildman–Crippen LogP) is 0.523. The van der Waals surface area contributed by atoms with Gasteiger partial charge in [-0.15, -0.1) is 0 Å². The van der Waals surface area contributed by atoms with E-state index in [1.54, 1.807) is 12.1 Å². The van der Waals surface area contributed by atoms with Crippen LogP contribution in [-0.4, -0.2) is 136 Å². The molecule has 1 aromatic carbocycles. The first-order valence-electron chi connectivity index (χ1n) is 18.0. The number of aliphatic hydroxyl groups is 1. The molecule has 1 aliphatic carbocycles. The van der Waals surface area contributed by atoms with Crippen molar-refractivity contribution in [2.75, 3.05) is 40.6 Å². The van der Waals surface area contributed by atoms with Crippen LogP contribution >= 0.6 is 0 Å². The molecule has 2 N–H and O–H groups in total. The third kappa shape index (κ3) is 10.8. The van der Waals surface area contributed by atoms with Crippen molar-refractivity contribution >= 4 is 35.8 Å². The molecule has 19 nitrogen and oxygen atoms in total. The Kier molecular flexibility index (Phi) is 15.4. The van der Waals surface area contributed by atoms with Gasteiger partial charge in [-0.2, -0.15) is 0 Å². The van der Waals surface area contributed by atoms with Gasteiger partial charge in [0.25, 0.3) is 0 Å². The number of rotatable bonds is 16. The maximum Gasteiger partial charge on any atom is 0.303 e. The Hall–Kier alpha value is -4.56. The average Bonchev–Trinajstić information content (AvgIpc) is 3.35. The molecular weight excluding hydrogens is 746 g/mol. The summed E-state index contributed by atoms with van der Waals surface area (Å²) in [5.74, 6) is -5.28. The summed E-state index contributed by atoms with van der Waals surface area (Å²) in [5, 5.41) is 16.0. The van der Waals surface area contributed by atoms with Crippen LogP contribution < -0.4 is 14.8 Å². The van der Waals surface area contributed by atoms with E-state index in [4.69, 9.17) is 52.1 Å². The van der Waals surface area contributed by atoms with Gasteiger partial charge in [-0.05, 0) is 37.1 Å². The maximum absolute atomic E-state index is 12.7. The topological polar surface area (TPSA) is 236 Å². The van der Waals surface area contributed by atoms with Gasteiger partial charge in [-0.1, -0.05) is 6.07 Å². The van der Waals surface area contributed by atoms with Crippen LogP contribution in [0.1, 0.15) is 53.5 Å². The number of esters is 6. The van der Waals surface area contributed by atoms with Crippen LogP contribution in [0.25, 0.3) is 0 Å². The van der Waals surface area contributed by atoms with Gasteiger partial charge in [0.05, 0.1) is 32.8 Å². The van der Waals surface area contributed by atoms with E-state index in [2.05, 4.69) is 5.32 Å². The Labute approximate surface area is 323 Å². The standard InChI is InChI=1S/C37H51NO18/c1-18(39)49-16-28-31(52-21(4)42)32(53-22(5)43)33(54-23(6)44)36(55-28)56-35-29-25(12-14-48-35)30(51-20(3)41)34(37(29,45)17-50-19(2)40)38-13-11-24-9-10-26(46-7)27(15-24)47-8/h9-10,15,25,28-36,38,45H,11-14,16-17H2,1-8H3/t25-,28-,29-,30+,31-,32+,33-,34-,35-,36+,37+/m1/s1. The highest BCUT2D eigenvalue weighted by Gasteiger charge is 2.66. The summed E-state index contributed by atoms with van der Waals surface area (Å²) in [7, 11) is 3.04. The van der Waals surface area contributed by atoms with Crippen molar-refractivity contribution in [2.45, 2.75) is 109 Å². The minimum Gasteiger partial charge on any atom is -0.493 e. The van der Waals surface area contributed by atoms with Gasteiger partial charge in [0, 0.05) is 47.5 Å².